The second kappa shape index (κ2) is 8.85. The summed E-state index contributed by atoms with van der Waals surface area (Å²) in [6.45, 7) is 1.14. The molecule has 2 aliphatic rings. The predicted molar refractivity (Wildman–Crippen MR) is 122 cm³/mol. The molecule has 5 nitrogen and oxygen atoms in total. The molecule has 0 N–H and O–H groups in total. The molecular weight excluding hydrogens is 467 g/mol. The van der Waals surface area contributed by atoms with Gasteiger partial charge in [0.15, 0.2) is 0 Å². The van der Waals surface area contributed by atoms with E-state index >= 15 is 0 Å². The summed E-state index contributed by atoms with van der Waals surface area (Å²) in [4.78, 5) is 2.14. The largest absolute Gasteiger partial charge is 0.383 e. The van der Waals surface area contributed by atoms with E-state index in [1.165, 1.54) is 0 Å². The first-order valence-electron chi connectivity index (χ1n) is 9.79. The van der Waals surface area contributed by atoms with Gasteiger partial charge in [0.05, 0.1) is 34.7 Å². The van der Waals surface area contributed by atoms with E-state index in [0.717, 1.165) is 24.1 Å². The zero-order valence-electron chi connectivity index (χ0n) is 16.5. The maximum Gasteiger partial charge on any atom is 0.217 e. The van der Waals surface area contributed by atoms with Crippen LogP contribution in [0.2, 0.25) is 15.1 Å². The summed E-state index contributed by atoms with van der Waals surface area (Å²) >= 11 is 18.8. The minimum absolute atomic E-state index is 0.265. The Kier molecular flexibility index (Phi) is 6.54. The number of piperazine rings is 1. The normalized spacial score (nSPS) is 23.0. The molecular formula is C21H23Cl3N2O3S. The van der Waals surface area contributed by atoms with Crippen molar-refractivity contribution in [1.29, 1.82) is 0 Å². The van der Waals surface area contributed by atoms with Crippen molar-refractivity contribution in [3.8, 4) is 0 Å². The van der Waals surface area contributed by atoms with Crippen LogP contribution in [0.25, 0.3) is 0 Å². The fourth-order valence-corrected chi connectivity index (χ4v) is 6.79. The standard InChI is InChI=1S/C21H23Cl3N2O3S/c1-29-13-20-21(14-2-4-15(22)5-3-14)25(19-9-6-16(23)12-18(19)24)10-11-26(20)30(27,28)17-7-8-17/h2-6,9,12,17,20-21H,7-8,10-11,13H2,1H3/t20-,21+/m1/s1. The van der Waals surface area contributed by atoms with Crippen molar-refractivity contribution in [2.75, 3.05) is 31.7 Å². The first-order chi connectivity index (χ1) is 14.3. The lowest BCUT2D eigenvalue weighted by atomic mass is 9.95. The van der Waals surface area contributed by atoms with Gasteiger partial charge in [-0.1, -0.05) is 46.9 Å². The summed E-state index contributed by atoms with van der Waals surface area (Å²) in [5.41, 5.74) is 1.76. The minimum atomic E-state index is -3.39. The second-order valence-electron chi connectivity index (χ2n) is 7.66. The van der Waals surface area contributed by atoms with E-state index in [2.05, 4.69) is 4.90 Å². The fourth-order valence-electron chi connectivity index (χ4n) is 4.14. The van der Waals surface area contributed by atoms with E-state index < -0.39 is 16.1 Å². The third kappa shape index (κ3) is 4.31. The molecule has 1 heterocycles. The van der Waals surface area contributed by atoms with Gasteiger partial charge >= 0.3 is 0 Å². The highest BCUT2D eigenvalue weighted by molar-refractivity contribution is 7.90. The number of hydrogen-bond acceptors (Lipinski definition) is 4. The van der Waals surface area contributed by atoms with E-state index in [-0.39, 0.29) is 17.9 Å². The Morgan fingerprint density at radius 3 is 2.27 bits per heavy atom. The zero-order valence-corrected chi connectivity index (χ0v) is 19.6. The SMILES string of the molecule is COC[C@@H]1[C@H](c2ccc(Cl)cc2)N(c2ccc(Cl)cc2Cl)CCN1S(=O)(=O)C1CC1. The molecule has 0 unspecified atom stereocenters. The molecule has 0 spiro atoms. The maximum atomic E-state index is 13.2. The average Bonchev–Trinajstić information content (AvgIpc) is 3.55. The molecule has 2 aromatic rings. The lowest BCUT2D eigenvalue weighted by Crippen LogP contribution is -2.59. The molecule has 2 aromatic carbocycles. The Morgan fingerprint density at radius 1 is 1.00 bits per heavy atom. The molecule has 1 aliphatic carbocycles. The summed E-state index contributed by atoms with van der Waals surface area (Å²) in [6.07, 6.45) is 1.44. The molecule has 1 aliphatic heterocycles. The van der Waals surface area contributed by atoms with Crippen molar-refractivity contribution < 1.29 is 13.2 Å². The van der Waals surface area contributed by atoms with Crippen LogP contribution in [0.4, 0.5) is 5.69 Å². The number of methoxy groups -OCH3 is 1. The molecule has 162 valence electrons. The van der Waals surface area contributed by atoms with Crippen LogP contribution in [0.15, 0.2) is 42.5 Å². The number of nitrogens with zero attached hydrogens (tertiary/aromatic N) is 2. The van der Waals surface area contributed by atoms with Gasteiger partial charge in [0, 0.05) is 30.2 Å². The Bertz CT molecular complexity index is 1010. The smallest absolute Gasteiger partial charge is 0.217 e. The van der Waals surface area contributed by atoms with Crippen molar-refractivity contribution >= 4 is 50.5 Å². The van der Waals surface area contributed by atoms with Crippen molar-refractivity contribution in [2.24, 2.45) is 0 Å². The van der Waals surface area contributed by atoms with E-state index in [1.54, 1.807) is 23.5 Å². The molecule has 0 amide bonds. The topological polar surface area (TPSA) is 49.9 Å². The fraction of sp³-hybridized carbons (Fsp3) is 0.429. The summed E-state index contributed by atoms with van der Waals surface area (Å²) in [5, 5.41) is 1.41. The van der Waals surface area contributed by atoms with Crippen molar-refractivity contribution in [2.45, 2.75) is 30.2 Å². The van der Waals surface area contributed by atoms with Crippen LogP contribution in [0.5, 0.6) is 0 Å². The first kappa shape index (κ1) is 22.2. The quantitative estimate of drug-likeness (QED) is 0.572. The van der Waals surface area contributed by atoms with E-state index in [9.17, 15) is 8.42 Å². The van der Waals surface area contributed by atoms with Gasteiger partial charge in [0.1, 0.15) is 0 Å². The second-order valence-corrected chi connectivity index (χ2v) is 11.1. The number of sulfonamides is 1. The lowest BCUT2D eigenvalue weighted by molar-refractivity contribution is 0.104. The molecule has 1 saturated carbocycles. The van der Waals surface area contributed by atoms with Gasteiger partial charge in [0.2, 0.25) is 10.0 Å². The number of anilines is 1. The van der Waals surface area contributed by atoms with Gasteiger partial charge in [-0.05, 0) is 48.7 Å². The van der Waals surface area contributed by atoms with Crippen LogP contribution in [0, 0.1) is 0 Å². The van der Waals surface area contributed by atoms with Crippen LogP contribution in [-0.2, 0) is 14.8 Å². The van der Waals surface area contributed by atoms with Gasteiger partial charge < -0.3 is 9.64 Å². The van der Waals surface area contributed by atoms with E-state index in [1.807, 2.05) is 30.3 Å². The van der Waals surface area contributed by atoms with Crippen molar-refractivity contribution in [3.63, 3.8) is 0 Å². The monoisotopic (exact) mass is 488 g/mol. The molecule has 0 aromatic heterocycles. The molecule has 4 rings (SSSR count). The van der Waals surface area contributed by atoms with Gasteiger partial charge in [0.25, 0.3) is 0 Å². The van der Waals surface area contributed by atoms with E-state index in [0.29, 0.717) is 28.2 Å². The molecule has 0 radical (unpaired) electrons. The van der Waals surface area contributed by atoms with Crippen molar-refractivity contribution in [1.82, 2.24) is 4.31 Å². The van der Waals surface area contributed by atoms with E-state index in [4.69, 9.17) is 39.5 Å². The van der Waals surface area contributed by atoms with Crippen LogP contribution in [-0.4, -0.2) is 50.8 Å². The molecule has 2 fully saturated rings. The Labute approximate surface area is 192 Å². The van der Waals surface area contributed by atoms with Gasteiger partial charge in [-0.25, -0.2) is 8.42 Å². The highest BCUT2D eigenvalue weighted by atomic mass is 35.5. The Hall–Kier alpha value is -1.02. The third-order valence-corrected chi connectivity index (χ3v) is 8.88. The predicted octanol–water partition coefficient (Wildman–Crippen LogP) is 5.02. The number of ether oxygens (including phenoxy) is 1. The molecule has 1 saturated heterocycles. The minimum Gasteiger partial charge on any atom is -0.383 e. The Balaban J connectivity index is 1.81. The highest BCUT2D eigenvalue weighted by Gasteiger charge is 2.48. The molecule has 0 bridgehead atoms. The molecule has 9 heteroatoms. The number of benzene rings is 2. The van der Waals surface area contributed by atoms with Gasteiger partial charge in [-0.15, -0.1) is 0 Å². The lowest BCUT2D eigenvalue weighted by Gasteiger charge is -2.48. The number of hydrogen-bond donors (Lipinski definition) is 0. The van der Waals surface area contributed by atoms with Crippen LogP contribution in [0.1, 0.15) is 24.4 Å². The molecule has 30 heavy (non-hydrogen) atoms. The van der Waals surface area contributed by atoms with Crippen LogP contribution >= 0.6 is 34.8 Å². The maximum absolute atomic E-state index is 13.2. The first-order valence-corrected chi connectivity index (χ1v) is 12.4. The average molecular weight is 490 g/mol. The van der Waals surface area contributed by atoms with Crippen LogP contribution in [0.3, 0.4) is 0 Å². The summed E-state index contributed by atoms with van der Waals surface area (Å²) < 4.78 is 33.5. The summed E-state index contributed by atoms with van der Waals surface area (Å²) in [7, 11) is -1.79. The zero-order chi connectivity index (χ0) is 21.5. The highest BCUT2D eigenvalue weighted by Crippen LogP contribution is 2.42. The molecule has 2 atom stereocenters. The van der Waals surface area contributed by atoms with Gasteiger partial charge in [-0.2, -0.15) is 4.31 Å². The summed E-state index contributed by atoms with van der Waals surface area (Å²) in [6, 6.07) is 12.2. The number of rotatable bonds is 6. The van der Waals surface area contributed by atoms with Crippen LogP contribution < -0.4 is 4.90 Å². The Morgan fingerprint density at radius 2 is 1.67 bits per heavy atom. The number of halogens is 3. The van der Waals surface area contributed by atoms with Crippen molar-refractivity contribution in [3.05, 3.63) is 63.1 Å². The van der Waals surface area contributed by atoms with Gasteiger partial charge in [-0.3, -0.25) is 0 Å². The third-order valence-electron chi connectivity index (χ3n) is 5.67. The summed E-state index contributed by atoms with van der Waals surface area (Å²) in [5.74, 6) is 0.